The zero-order valence-electron chi connectivity index (χ0n) is 23.9. The van der Waals surface area contributed by atoms with Gasteiger partial charge in [0.2, 0.25) is 0 Å². The molecule has 0 aliphatic carbocycles. The van der Waals surface area contributed by atoms with E-state index in [1.165, 1.54) is 4.90 Å². The van der Waals surface area contributed by atoms with E-state index >= 15 is 8.78 Å². The average molecular weight is 645 g/mol. The largest absolute Gasteiger partial charge is 0.478 e. The summed E-state index contributed by atoms with van der Waals surface area (Å²) < 4.78 is 58.8. The highest BCUT2D eigenvalue weighted by atomic mass is 35.5. The van der Waals surface area contributed by atoms with Gasteiger partial charge in [-0.1, -0.05) is 43.6 Å². The van der Waals surface area contributed by atoms with Crippen molar-refractivity contribution in [2.45, 2.75) is 38.7 Å². The molecule has 2 fully saturated rings. The van der Waals surface area contributed by atoms with E-state index in [1.807, 2.05) is 24.3 Å². The van der Waals surface area contributed by atoms with Crippen LogP contribution in [0.2, 0.25) is 5.02 Å². The Kier molecular flexibility index (Phi) is 10.2. The van der Waals surface area contributed by atoms with Gasteiger partial charge < -0.3 is 14.9 Å². The van der Waals surface area contributed by atoms with Crippen LogP contribution in [0.25, 0.3) is 11.1 Å². The molecule has 0 radical (unpaired) electrons. The summed E-state index contributed by atoms with van der Waals surface area (Å²) >= 11 is 6.32. The minimum absolute atomic E-state index is 0. The van der Waals surface area contributed by atoms with Crippen LogP contribution in [0.5, 0.6) is 0 Å². The first-order valence-corrected chi connectivity index (χ1v) is 14.4. The molecule has 13 heteroatoms. The van der Waals surface area contributed by atoms with Crippen LogP contribution in [0.1, 0.15) is 48.8 Å². The molecule has 3 aromatic rings. The van der Waals surface area contributed by atoms with E-state index in [-0.39, 0.29) is 19.0 Å². The molecule has 0 bridgehead atoms. The second-order valence-corrected chi connectivity index (χ2v) is 11.9. The summed E-state index contributed by atoms with van der Waals surface area (Å²) in [5, 5.41) is 13.5. The molecule has 2 aromatic carbocycles. The summed E-state index contributed by atoms with van der Waals surface area (Å²) in [6, 6.07) is 11.8. The van der Waals surface area contributed by atoms with Gasteiger partial charge in [-0.3, -0.25) is 9.58 Å². The fourth-order valence-electron chi connectivity index (χ4n) is 6.03. The number of nitrogens with zero attached hydrogens (tertiary/aromatic N) is 5. The van der Waals surface area contributed by atoms with E-state index in [0.717, 1.165) is 54.9 Å². The average Bonchev–Trinajstić information content (AvgIpc) is 3.39. The molecule has 2 aliphatic rings. The van der Waals surface area contributed by atoms with E-state index < -0.39 is 48.6 Å². The molecule has 1 unspecified atom stereocenters. The van der Waals surface area contributed by atoms with Gasteiger partial charge in [0.15, 0.2) is 0 Å². The fourth-order valence-corrected chi connectivity index (χ4v) is 6.20. The van der Waals surface area contributed by atoms with Crippen LogP contribution >= 0.6 is 24.0 Å². The van der Waals surface area contributed by atoms with Gasteiger partial charge in [-0.25, -0.2) is 22.4 Å². The molecule has 7 nitrogen and oxygen atoms in total. The van der Waals surface area contributed by atoms with Gasteiger partial charge in [-0.2, -0.15) is 5.10 Å². The van der Waals surface area contributed by atoms with E-state index in [2.05, 4.69) is 28.7 Å². The normalized spacial score (nSPS) is 19.1. The number of carboxylic acids is 1. The number of aromatic carboxylic acids is 1. The van der Waals surface area contributed by atoms with Gasteiger partial charge in [0.25, 0.3) is 12.3 Å². The van der Waals surface area contributed by atoms with E-state index in [4.69, 9.17) is 11.6 Å². The maximum absolute atomic E-state index is 15.1. The lowest BCUT2D eigenvalue weighted by Gasteiger charge is -2.40. The maximum Gasteiger partial charge on any atom is 0.339 e. The summed E-state index contributed by atoms with van der Waals surface area (Å²) in [6.45, 7) is 8.59. The topological polar surface area (TPSA) is 64.8 Å². The number of rotatable bonds is 8. The van der Waals surface area contributed by atoms with Gasteiger partial charge in [-0.05, 0) is 35.7 Å². The highest BCUT2D eigenvalue weighted by molar-refractivity contribution is 6.31. The number of carboxylic acid groups (broad SMARTS) is 1. The zero-order chi connectivity index (χ0) is 30.2. The molecule has 2 saturated heterocycles. The Morgan fingerprint density at radius 2 is 1.74 bits per heavy atom. The predicted octanol–water partition coefficient (Wildman–Crippen LogP) is 7.13. The number of hydrogen-bond acceptors (Lipinski definition) is 5. The Morgan fingerprint density at radius 1 is 1.07 bits per heavy atom. The smallest absolute Gasteiger partial charge is 0.339 e. The van der Waals surface area contributed by atoms with Crippen molar-refractivity contribution in [3.8, 4) is 11.1 Å². The van der Waals surface area contributed by atoms with E-state index in [0.29, 0.717) is 22.2 Å². The minimum atomic E-state index is -3.25. The highest BCUT2D eigenvalue weighted by Gasteiger charge is 2.43. The maximum atomic E-state index is 15.1. The Morgan fingerprint density at radius 3 is 2.35 bits per heavy atom. The van der Waals surface area contributed by atoms with Crippen LogP contribution in [-0.2, 0) is 0 Å². The van der Waals surface area contributed by atoms with Crippen molar-refractivity contribution in [3.05, 3.63) is 64.9 Å². The molecule has 0 saturated carbocycles. The van der Waals surface area contributed by atoms with Crippen LogP contribution in [0.3, 0.4) is 0 Å². The lowest BCUT2D eigenvalue weighted by atomic mass is 9.97. The fraction of sp³-hybridized carbons (Fsp3) is 0.467. The molecule has 43 heavy (non-hydrogen) atoms. The van der Waals surface area contributed by atoms with Crippen LogP contribution in [0.15, 0.2) is 48.7 Å². The molecule has 3 heterocycles. The third-order valence-electron chi connectivity index (χ3n) is 7.84. The number of anilines is 2. The lowest BCUT2D eigenvalue weighted by molar-refractivity contribution is -0.0298. The molecule has 1 atom stereocenters. The minimum Gasteiger partial charge on any atom is -0.478 e. The summed E-state index contributed by atoms with van der Waals surface area (Å²) in [4.78, 5) is 17.7. The Labute approximate surface area is 259 Å². The summed E-state index contributed by atoms with van der Waals surface area (Å²) in [5.41, 5.74) is 1.41. The van der Waals surface area contributed by atoms with Crippen LogP contribution in [0.4, 0.5) is 28.9 Å². The van der Waals surface area contributed by atoms with E-state index in [1.54, 1.807) is 18.2 Å². The number of halogens is 6. The van der Waals surface area contributed by atoms with Crippen LogP contribution in [0, 0.1) is 5.92 Å². The molecule has 1 aromatic heterocycles. The summed E-state index contributed by atoms with van der Waals surface area (Å²) in [6.07, 6.45) is -3.16. The van der Waals surface area contributed by atoms with Crippen LogP contribution in [-0.4, -0.2) is 77.5 Å². The number of aromatic nitrogens is 2. The molecule has 5 rings (SSSR count). The lowest BCUT2D eigenvalue weighted by Crippen LogP contribution is -2.48. The summed E-state index contributed by atoms with van der Waals surface area (Å²) in [5.74, 6) is -4.22. The molecule has 0 spiro atoms. The number of alkyl halides is 4. The Balaban J connectivity index is 0.00000423. The van der Waals surface area contributed by atoms with Gasteiger partial charge in [0.1, 0.15) is 11.3 Å². The number of piperidine rings is 1. The highest BCUT2D eigenvalue weighted by Crippen LogP contribution is 2.42. The molecule has 1 N–H and O–H groups in total. The second-order valence-electron chi connectivity index (χ2n) is 11.5. The first kappa shape index (κ1) is 32.9. The predicted molar refractivity (Wildman–Crippen MR) is 163 cm³/mol. The number of benzene rings is 2. The quantitative estimate of drug-likeness (QED) is 0.264. The molecular formula is C30H35Cl2F4N5O2. The second kappa shape index (κ2) is 13.3. The van der Waals surface area contributed by atoms with Crippen molar-refractivity contribution in [2.24, 2.45) is 5.92 Å². The van der Waals surface area contributed by atoms with Gasteiger partial charge >= 0.3 is 5.97 Å². The first-order valence-electron chi connectivity index (χ1n) is 14.0. The molecular weight excluding hydrogens is 609 g/mol. The number of hydrogen-bond donors (Lipinski definition) is 1. The monoisotopic (exact) mass is 643 g/mol. The first-order chi connectivity index (χ1) is 19.9. The van der Waals surface area contributed by atoms with Crippen molar-refractivity contribution in [1.82, 2.24) is 14.7 Å². The standard InChI is InChI=1S/C30H34ClF4N5O2.ClH/c1-19(2)16-37-9-11-38(12-10-37)22-6-3-20(4-7-22)24-8-5-21(31)13-26(24)39-17-23(14-30(34,35)18-39)40-27(28(32)33)25(15-36-40)29(41)42;/h3-8,13,15,19,23,28H,9-12,14,16-18H2,1-2H3,(H,41,42);1H. The molecule has 234 valence electrons. The third kappa shape index (κ3) is 7.38. The van der Waals surface area contributed by atoms with Gasteiger partial charge in [0.05, 0.1) is 18.8 Å². The van der Waals surface area contributed by atoms with Crippen molar-refractivity contribution >= 4 is 41.4 Å². The Bertz CT molecular complexity index is 1410. The molecule has 2 aliphatic heterocycles. The number of piperazine rings is 1. The third-order valence-corrected chi connectivity index (χ3v) is 8.08. The summed E-state index contributed by atoms with van der Waals surface area (Å²) in [7, 11) is 0. The van der Waals surface area contributed by atoms with Crippen molar-refractivity contribution in [2.75, 3.05) is 55.6 Å². The van der Waals surface area contributed by atoms with E-state index in [9.17, 15) is 18.7 Å². The Hall–Kier alpha value is -3.02. The van der Waals surface area contributed by atoms with Gasteiger partial charge in [-0.15, -0.1) is 12.4 Å². The number of carbonyl (C=O) groups is 1. The van der Waals surface area contributed by atoms with Crippen molar-refractivity contribution in [3.63, 3.8) is 0 Å². The molecule has 0 amide bonds. The van der Waals surface area contributed by atoms with Crippen molar-refractivity contribution < 1.29 is 27.5 Å². The SMILES string of the molecule is CC(C)CN1CCN(c2ccc(-c3ccc(Cl)cc3N3CC(n4ncc(C(=O)O)c4C(F)F)CC(F)(F)C3)cc2)CC1.Cl. The van der Waals surface area contributed by atoms with Crippen molar-refractivity contribution in [1.29, 1.82) is 0 Å². The zero-order valence-corrected chi connectivity index (χ0v) is 25.5. The van der Waals surface area contributed by atoms with Crippen LogP contribution < -0.4 is 9.80 Å². The van der Waals surface area contributed by atoms with Gasteiger partial charge in [0, 0.05) is 67.7 Å².